The topological polar surface area (TPSA) is 101 Å². The van der Waals surface area contributed by atoms with E-state index in [1.54, 1.807) is 6.07 Å². The first kappa shape index (κ1) is 10.6. The van der Waals surface area contributed by atoms with E-state index >= 15 is 0 Å². The molecule has 4 N–H and O–H groups in total. The summed E-state index contributed by atoms with van der Waals surface area (Å²) in [5.41, 5.74) is 5.15. The first-order chi connectivity index (χ1) is 6.63. The molecule has 0 saturated carbocycles. The number of oxime groups is 1. The molecule has 0 aliphatic rings. The second-order valence-corrected chi connectivity index (χ2v) is 3.16. The van der Waals surface area contributed by atoms with Gasteiger partial charge in [0.1, 0.15) is 0 Å². The van der Waals surface area contributed by atoms with Crippen LogP contribution in [0.25, 0.3) is 0 Å². The molecule has 1 amide bonds. The third-order valence-corrected chi connectivity index (χ3v) is 1.78. The van der Waals surface area contributed by atoms with E-state index < -0.39 is 5.91 Å². The SMILES string of the molecule is N/C(CNC(=O)c1ccc(Br)o1)=N\O. The van der Waals surface area contributed by atoms with Gasteiger partial charge in [-0.3, -0.25) is 4.79 Å². The summed E-state index contributed by atoms with van der Waals surface area (Å²) in [5, 5.41) is 13.3. The number of hydrogen-bond acceptors (Lipinski definition) is 4. The lowest BCUT2D eigenvalue weighted by Crippen LogP contribution is -2.33. The van der Waals surface area contributed by atoms with E-state index in [9.17, 15) is 4.79 Å². The molecule has 1 heterocycles. The second-order valence-electron chi connectivity index (χ2n) is 2.38. The molecule has 1 aromatic heterocycles. The summed E-state index contributed by atoms with van der Waals surface area (Å²) >= 11 is 3.06. The summed E-state index contributed by atoms with van der Waals surface area (Å²) in [6.45, 7) is -0.0341. The molecule has 1 aromatic rings. The molecule has 0 bridgehead atoms. The van der Waals surface area contributed by atoms with Gasteiger partial charge in [0, 0.05) is 0 Å². The van der Waals surface area contributed by atoms with Gasteiger partial charge in [-0.05, 0) is 28.1 Å². The van der Waals surface area contributed by atoms with E-state index in [4.69, 9.17) is 15.4 Å². The highest BCUT2D eigenvalue weighted by Crippen LogP contribution is 2.13. The quantitative estimate of drug-likeness (QED) is 0.320. The molecule has 0 spiro atoms. The van der Waals surface area contributed by atoms with Crippen molar-refractivity contribution in [2.24, 2.45) is 10.9 Å². The second kappa shape index (κ2) is 4.66. The number of hydrogen-bond donors (Lipinski definition) is 3. The summed E-state index contributed by atoms with van der Waals surface area (Å²) in [5.74, 6) is -0.353. The van der Waals surface area contributed by atoms with E-state index in [1.165, 1.54) is 6.07 Å². The van der Waals surface area contributed by atoms with Crippen molar-refractivity contribution in [1.29, 1.82) is 0 Å². The van der Waals surface area contributed by atoms with Crippen LogP contribution in [0.5, 0.6) is 0 Å². The largest absolute Gasteiger partial charge is 0.444 e. The van der Waals surface area contributed by atoms with Crippen molar-refractivity contribution < 1.29 is 14.4 Å². The van der Waals surface area contributed by atoms with Gasteiger partial charge in [0.25, 0.3) is 5.91 Å². The molecule has 0 unspecified atom stereocenters. The fourth-order valence-electron chi connectivity index (χ4n) is 0.730. The molecule has 6 nitrogen and oxygen atoms in total. The summed E-state index contributed by atoms with van der Waals surface area (Å²) in [6.07, 6.45) is 0. The van der Waals surface area contributed by atoms with Gasteiger partial charge in [-0.2, -0.15) is 0 Å². The molecule has 14 heavy (non-hydrogen) atoms. The number of rotatable bonds is 3. The lowest BCUT2D eigenvalue weighted by molar-refractivity contribution is 0.0930. The van der Waals surface area contributed by atoms with Crippen molar-refractivity contribution in [2.45, 2.75) is 0 Å². The average Bonchev–Trinajstić information content (AvgIpc) is 2.60. The van der Waals surface area contributed by atoms with Crippen LogP contribution in [0, 0.1) is 0 Å². The Kier molecular flexibility index (Phi) is 3.52. The van der Waals surface area contributed by atoms with Gasteiger partial charge in [-0.1, -0.05) is 5.16 Å². The summed E-state index contributed by atoms with van der Waals surface area (Å²) in [6, 6.07) is 3.10. The molecule has 0 radical (unpaired) electrons. The Balaban J connectivity index is 2.51. The minimum Gasteiger partial charge on any atom is -0.444 e. The third-order valence-electron chi connectivity index (χ3n) is 1.36. The number of nitrogens with two attached hydrogens (primary N) is 1. The zero-order chi connectivity index (χ0) is 10.6. The number of amidine groups is 1. The van der Waals surface area contributed by atoms with Crippen LogP contribution in [0.3, 0.4) is 0 Å². The standard InChI is InChI=1S/C7H8BrN3O3/c8-5-2-1-4(14-5)7(12)10-3-6(9)11-13/h1-2,13H,3H2,(H2,9,11)(H,10,12). The predicted octanol–water partition coefficient (Wildman–Crippen LogP) is 0.518. The molecule has 0 fully saturated rings. The van der Waals surface area contributed by atoms with Crippen molar-refractivity contribution in [1.82, 2.24) is 5.32 Å². The van der Waals surface area contributed by atoms with Crippen LogP contribution in [-0.2, 0) is 0 Å². The van der Waals surface area contributed by atoms with Crippen molar-refractivity contribution in [3.63, 3.8) is 0 Å². The van der Waals surface area contributed by atoms with Crippen LogP contribution in [0.2, 0.25) is 0 Å². The Labute approximate surface area is 87.9 Å². The maximum Gasteiger partial charge on any atom is 0.287 e. The molecule has 0 aromatic carbocycles. The van der Waals surface area contributed by atoms with Gasteiger partial charge < -0.3 is 20.7 Å². The summed E-state index contributed by atoms with van der Waals surface area (Å²) < 4.78 is 5.44. The number of nitrogens with zero attached hydrogens (tertiary/aromatic N) is 1. The zero-order valence-corrected chi connectivity index (χ0v) is 8.61. The molecule has 0 aliphatic heterocycles. The van der Waals surface area contributed by atoms with Crippen LogP contribution in [0.15, 0.2) is 26.4 Å². The predicted molar refractivity (Wildman–Crippen MR) is 52.2 cm³/mol. The minimum atomic E-state index is -0.428. The van der Waals surface area contributed by atoms with Crippen LogP contribution in [0.1, 0.15) is 10.6 Å². The Hall–Kier alpha value is -1.50. The molecule has 0 atom stereocenters. The van der Waals surface area contributed by atoms with Gasteiger partial charge in [0.2, 0.25) is 0 Å². The van der Waals surface area contributed by atoms with Gasteiger partial charge >= 0.3 is 0 Å². The van der Waals surface area contributed by atoms with E-state index in [2.05, 4.69) is 26.4 Å². The van der Waals surface area contributed by atoms with Gasteiger partial charge in [0.15, 0.2) is 16.3 Å². The van der Waals surface area contributed by atoms with Crippen LogP contribution in [0.4, 0.5) is 0 Å². The Bertz CT molecular complexity index is 361. The van der Waals surface area contributed by atoms with E-state index in [1.807, 2.05) is 0 Å². The van der Waals surface area contributed by atoms with Gasteiger partial charge in [0.05, 0.1) is 6.54 Å². The number of amides is 1. The fraction of sp³-hybridized carbons (Fsp3) is 0.143. The maximum absolute atomic E-state index is 11.3. The van der Waals surface area contributed by atoms with Crippen LogP contribution < -0.4 is 11.1 Å². The molecule has 1 rings (SSSR count). The third kappa shape index (κ3) is 2.77. The highest BCUT2D eigenvalue weighted by molar-refractivity contribution is 9.10. The first-order valence-electron chi connectivity index (χ1n) is 3.63. The highest BCUT2D eigenvalue weighted by atomic mass is 79.9. The van der Waals surface area contributed by atoms with Crippen molar-refractivity contribution >= 4 is 27.7 Å². The molecule has 0 aliphatic carbocycles. The van der Waals surface area contributed by atoms with Gasteiger partial charge in [-0.15, -0.1) is 0 Å². The zero-order valence-electron chi connectivity index (χ0n) is 7.03. The molecule has 0 saturated heterocycles. The first-order valence-corrected chi connectivity index (χ1v) is 4.42. The lowest BCUT2D eigenvalue weighted by atomic mass is 10.4. The summed E-state index contributed by atoms with van der Waals surface area (Å²) in [7, 11) is 0. The molecule has 76 valence electrons. The summed E-state index contributed by atoms with van der Waals surface area (Å²) in [4.78, 5) is 11.3. The smallest absolute Gasteiger partial charge is 0.287 e. The van der Waals surface area contributed by atoms with Crippen molar-refractivity contribution in [3.05, 3.63) is 22.6 Å². The lowest BCUT2D eigenvalue weighted by Gasteiger charge is -2.00. The Morgan fingerprint density at radius 3 is 2.93 bits per heavy atom. The van der Waals surface area contributed by atoms with E-state index in [0.29, 0.717) is 4.67 Å². The number of carbonyl (C=O) groups excluding carboxylic acids is 1. The monoisotopic (exact) mass is 261 g/mol. The number of furan rings is 1. The van der Waals surface area contributed by atoms with E-state index in [-0.39, 0.29) is 18.1 Å². The van der Waals surface area contributed by atoms with Crippen LogP contribution in [-0.4, -0.2) is 23.5 Å². The number of nitrogens with one attached hydrogen (secondary N) is 1. The van der Waals surface area contributed by atoms with Crippen molar-refractivity contribution in [2.75, 3.05) is 6.54 Å². The fourth-order valence-corrected chi connectivity index (χ4v) is 1.04. The molecular weight excluding hydrogens is 254 g/mol. The van der Waals surface area contributed by atoms with Crippen LogP contribution >= 0.6 is 15.9 Å². The van der Waals surface area contributed by atoms with E-state index in [0.717, 1.165) is 0 Å². The average molecular weight is 262 g/mol. The number of carbonyl (C=O) groups is 1. The molecule has 7 heteroatoms. The minimum absolute atomic E-state index is 0.0341. The Morgan fingerprint density at radius 1 is 1.71 bits per heavy atom. The van der Waals surface area contributed by atoms with Gasteiger partial charge in [-0.25, -0.2) is 0 Å². The molecular formula is C7H8BrN3O3. The van der Waals surface area contributed by atoms with Crippen molar-refractivity contribution in [3.8, 4) is 0 Å². The number of halogens is 1. The normalized spacial score (nSPS) is 11.4. The highest BCUT2D eigenvalue weighted by Gasteiger charge is 2.09. The Morgan fingerprint density at radius 2 is 2.43 bits per heavy atom. The maximum atomic E-state index is 11.3.